The summed E-state index contributed by atoms with van der Waals surface area (Å²) >= 11 is 0. The monoisotopic (exact) mass is 237 g/mol. The van der Waals surface area contributed by atoms with E-state index < -0.39 is 0 Å². The minimum atomic E-state index is -0.346. The molecule has 8 nitrogen and oxygen atoms in total. The van der Waals surface area contributed by atoms with Crippen molar-refractivity contribution in [3.63, 3.8) is 0 Å². The van der Waals surface area contributed by atoms with Crippen LogP contribution in [0.3, 0.4) is 0 Å². The highest BCUT2D eigenvalue weighted by Crippen LogP contribution is 2.00. The second-order valence-corrected chi connectivity index (χ2v) is 3.51. The smallest absolute Gasteiger partial charge is 0.267 e. The van der Waals surface area contributed by atoms with Crippen LogP contribution in [0.25, 0.3) is 0 Å². The van der Waals surface area contributed by atoms with Gasteiger partial charge in [-0.2, -0.15) is 10.1 Å². The molecule has 0 spiro atoms. The zero-order chi connectivity index (χ0) is 12.3. The Morgan fingerprint density at radius 3 is 2.94 bits per heavy atom. The van der Waals surface area contributed by atoms with Crippen molar-refractivity contribution in [3.05, 3.63) is 11.7 Å². The maximum atomic E-state index is 11.6. The number of amides is 2. The van der Waals surface area contributed by atoms with Gasteiger partial charge in [-0.15, -0.1) is 0 Å². The molecule has 0 radical (unpaired) electrons. The molecule has 0 fully saturated rings. The van der Waals surface area contributed by atoms with Crippen molar-refractivity contribution < 1.29 is 14.1 Å². The summed E-state index contributed by atoms with van der Waals surface area (Å²) in [6.07, 6.45) is 0.604. The molecule has 17 heavy (non-hydrogen) atoms. The number of nitrogens with zero attached hydrogens (tertiary/aromatic N) is 3. The van der Waals surface area contributed by atoms with Crippen molar-refractivity contribution in [3.8, 4) is 0 Å². The van der Waals surface area contributed by atoms with Crippen LogP contribution in [0.2, 0.25) is 0 Å². The van der Waals surface area contributed by atoms with Gasteiger partial charge in [0.25, 0.3) is 5.91 Å². The van der Waals surface area contributed by atoms with E-state index in [1.54, 1.807) is 6.92 Å². The molecule has 2 heterocycles. The zero-order valence-electron chi connectivity index (χ0n) is 9.19. The van der Waals surface area contributed by atoms with Gasteiger partial charge in [0.2, 0.25) is 11.8 Å². The highest BCUT2D eigenvalue weighted by Gasteiger charge is 2.18. The second kappa shape index (κ2) is 4.73. The summed E-state index contributed by atoms with van der Waals surface area (Å²) in [5.41, 5.74) is 2.54. The third-order valence-corrected chi connectivity index (χ3v) is 2.14. The number of nitrogens with one attached hydrogen (secondary N) is 2. The van der Waals surface area contributed by atoms with Gasteiger partial charge in [0.1, 0.15) is 5.71 Å². The highest BCUT2D eigenvalue weighted by atomic mass is 16.5. The standard InChI is InChI=1S/C9H11N5O3/c1-5-11-8(17-14-5)4-10-9(16)6-2-3-7(15)13-12-6/h2-4H2,1H3,(H,10,16)(H,13,15). The third kappa shape index (κ3) is 2.86. The second-order valence-electron chi connectivity index (χ2n) is 3.51. The van der Waals surface area contributed by atoms with Crippen molar-refractivity contribution >= 4 is 17.5 Å². The molecule has 0 aromatic carbocycles. The van der Waals surface area contributed by atoms with Gasteiger partial charge in [0, 0.05) is 12.8 Å². The Hall–Kier alpha value is -2.25. The Kier molecular flexibility index (Phi) is 3.12. The number of aromatic nitrogens is 2. The molecule has 1 aromatic heterocycles. The van der Waals surface area contributed by atoms with E-state index in [9.17, 15) is 9.59 Å². The van der Waals surface area contributed by atoms with Crippen molar-refractivity contribution in [2.45, 2.75) is 26.3 Å². The average molecular weight is 237 g/mol. The first kappa shape index (κ1) is 11.2. The molecule has 2 N–H and O–H groups in total. The number of hydrazone groups is 1. The van der Waals surface area contributed by atoms with Crippen LogP contribution in [0.5, 0.6) is 0 Å². The lowest BCUT2D eigenvalue weighted by atomic mass is 10.1. The number of hydrogen-bond acceptors (Lipinski definition) is 6. The van der Waals surface area contributed by atoms with E-state index in [0.29, 0.717) is 23.8 Å². The van der Waals surface area contributed by atoms with Gasteiger partial charge in [-0.1, -0.05) is 5.16 Å². The third-order valence-electron chi connectivity index (χ3n) is 2.14. The van der Waals surface area contributed by atoms with Gasteiger partial charge in [-0.3, -0.25) is 9.59 Å². The van der Waals surface area contributed by atoms with E-state index in [2.05, 4.69) is 26.0 Å². The van der Waals surface area contributed by atoms with Crippen LogP contribution in [0.4, 0.5) is 0 Å². The van der Waals surface area contributed by atoms with E-state index in [4.69, 9.17) is 4.52 Å². The molecule has 0 atom stereocenters. The van der Waals surface area contributed by atoms with Gasteiger partial charge < -0.3 is 9.84 Å². The van der Waals surface area contributed by atoms with Crippen molar-refractivity contribution in [2.75, 3.05) is 0 Å². The van der Waals surface area contributed by atoms with E-state index in [0.717, 1.165) is 0 Å². The van der Waals surface area contributed by atoms with Crippen molar-refractivity contribution in [2.24, 2.45) is 5.10 Å². The van der Waals surface area contributed by atoms with Gasteiger partial charge in [0.05, 0.1) is 6.54 Å². The van der Waals surface area contributed by atoms with Gasteiger partial charge >= 0.3 is 0 Å². The summed E-state index contributed by atoms with van der Waals surface area (Å²) in [6, 6.07) is 0. The Balaban J connectivity index is 1.87. The molecular weight excluding hydrogens is 226 g/mol. The summed E-state index contributed by atoms with van der Waals surface area (Å²) in [5.74, 6) is 0.308. The summed E-state index contributed by atoms with van der Waals surface area (Å²) < 4.78 is 4.83. The van der Waals surface area contributed by atoms with Crippen LogP contribution in [0.15, 0.2) is 9.62 Å². The molecule has 1 aliphatic heterocycles. The minimum absolute atomic E-state index is 0.145. The molecule has 0 saturated carbocycles. The molecule has 0 saturated heterocycles. The van der Waals surface area contributed by atoms with Gasteiger partial charge in [-0.25, -0.2) is 5.43 Å². The molecule has 2 rings (SSSR count). The summed E-state index contributed by atoms with van der Waals surface area (Å²) in [7, 11) is 0. The van der Waals surface area contributed by atoms with Crippen LogP contribution in [-0.2, 0) is 16.1 Å². The largest absolute Gasteiger partial charge is 0.342 e. The Morgan fingerprint density at radius 2 is 2.35 bits per heavy atom. The zero-order valence-corrected chi connectivity index (χ0v) is 9.19. The van der Waals surface area contributed by atoms with Crippen LogP contribution in [0.1, 0.15) is 24.6 Å². The molecule has 0 unspecified atom stereocenters. The maximum absolute atomic E-state index is 11.6. The SMILES string of the molecule is Cc1noc(CNC(=O)C2=NNC(=O)CC2)n1. The minimum Gasteiger partial charge on any atom is -0.342 e. The lowest BCUT2D eigenvalue weighted by Gasteiger charge is -2.10. The first-order chi connectivity index (χ1) is 8.15. The molecule has 0 bridgehead atoms. The molecule has 1 aliphatic rings. The number of carbonyl (C=O) groups is 2. The lowest BCUT2D eigenvalue weighted by Crippen LogP contribution is -2.36. The van der Waals surface area contributed by atoms with Crippen molar-refractivity contribution in [1.29, 1.82) is 0 Å². The topological polar surface area (TPSA) is 109 Å². The predicted octanol–water partition coefficient (Wildman–Crippen LogP) is -0.740. The number of hydrogen-bond donors (Lipinski definition) is 2. The molecule has 1 aromatic rings. The van der Waals surface area contributed by atoms with Gasteiger partial charge in [0.15, 0.2) is 5.82 Å². The van der Waals surface area contributed by atoms with Crippen LogP contribution < -0.4 is 10.7 Å². The quantitative estimate of drug-likeness (QED) is 0.719. The summed E-state index contributed by atoms with van der Waals surface area (Å²) in [5, 5.41) is 9.84. The van der Waals surface area contributed by atoms with E-state index in [1.807, 2.05) is 0 Å². The fraction of sp³-hybridized carbons (Fsp3) is 0.444. The van der Waals surface area contributed by atoms with Crippen LogP contribution in [0, 0.1) is 6.92 Å². The molecule has 90 valence electrons. The van der Waals surface area contributed by atoms with Crippen molar-refractivity contribution in [1.82, 2.24) is 20.9 Å². The molecule has 0 aliphatic carbocycles. The number of aryl methyl sites for hydroxylation is 1. The van der Waals surface area contributed by atoms with Gasteiger partial charge in [-0.05, 0) is 6.92 Å². The lowest BCUT2D eigenvalue weighted by molar-refractivity contribution is -0.121. The Bertz CT molecular complexity index is 479. The summed E-state index contributed by atoms with van der Waals surface area (Å²) in [6.45, 7) is 1.84. The molecule has 8 heteroatoms. The van der Waals surface area contributed by atoms with E-state index in [1.165, 1.54) is 0 Å². The number of rotatable bonds is 3. The maximum Gasteiger partial charge on any atom is 0.267 e. The number of carbonyl (C=O) groups excluding carboxylic acids is 2. The molecular formula is C9H11N5O3. The Morgan fingerprint density at radius 1 is 1.53 bits per heavy atom. The first-order valence-electron chi connectivity index (χ1n) is 5.08. The predicted molar refractivity (Wildman–Crippen MR) is 55.7 cm³/mol. The fourth-order valence-electron chi connectivity index (χ4n) is 1.31. The molecule has 2 amide bonds. The first-order valence-corrected chi connectivity index (χ1v) is 5.08. The summed E-state index contributed by atoms with van der Waals surface area (Å²) in [4.78, 5) is 26.4. The van der Waals surface area contributed by atoms with Crippen LogP contribution in [-0.4, -0.2) is 27.7 Å². The van der Waals surface area contributed by atoms with Crippen LogP contribution >= 0.6 is 0 Å². The van der Waals surface area contributed by atoms with E-state index in [-0.39, 0.29) is 24.8 Å². The Labute approximate surface area is 96.5 Å². The fourth-order valence-corrected chi connectivity index (χ4v) is 1.31. The highest BCUT2D eigenvalue weighted by molar-refractivity contribution is 6.39. The average Bonchev–Trinajstić information content (AvgIpc) is 2.73. The normalized spacial score (nSPS) is 15.1. The van der Waals surface area contributed by atoms with E-state index >= 15 is 0 Å².